The fraction of sp³-hybridized carbons (Fsp3) is 0.500. The Bertz CT molecular complexity index is 676. The van der Waals surface area contributed by atoms with Gasteiger partial charge in [-0.2, -0.15) is 0 Å². The highest BCUT2D eigenvalue weighted by Crippen LogP contribution is 2.17. The van der Waals surface area contributed by atoms with Crippen molar-refractivity contribution in [2.24, 2.45) is 7.05 Å². The molecule has 1 atom stereocenters. The van der Waals surface area contributed by atoms with E-state index >= 15 is 0 Å². The van der Waals surface area contributed by atoms with Crippen molar-refractivity contribution < 1.29 is 4.79 Å². The van der Waals surface area contributed by atoms with Gasteiger partial charge < -0.3 is 20.1 Å². The maximum atomic E-state index is 12.0. The van der Waals surface area contributed by atoms with Crippen LogP contribution in [0, 0.1) is 0 Å². The minimum atomic E-state index is -0.242. The van der Waals surface area contributed by atoms with Crippen LogP contribution in [-0.2, 0) is 13.6 Å². The first-order valence-corrected chi connectivity index (χ1v) is 8.21. The molecule has 128 valence electrons. The average molecular weight is 329 g/mol. The van der Waals surface area contributed by atoms with E-state index in [4.69, 9.17) is 0 Å². The Balaban J connectivity index is 1.48. The predicted molar refractivity (Wildman–Crippen MR) is 90.5 cm³/mol. The molecule has 8 nitrogen and oxygen atoms in total. The summed E-state index contributed by atoms with van der Waals surface area (Å²) in [7, 11) is 1.85. The minimum absolute atomic E-state index is 0.215. The normalized spacial score (nSPS) is 15.3. The van der Waals surface area contributed by atoms with Crippen LogP contribution in [-0.4, -0.2) is 38.9 Å². The summed E-state index contributed by atoms with van der Waals surface area (Å²) >= 11 is 0. The first-order valence-electron chi connectivity index (χ1n) is 8.21. The second-order valence-corrected chi connectivity index (χ2v) is 6.07. The largest absolute Gasteiger partial charge is 0.357 e. The molecule has 0 unspecified atom stereocenters. The van der Waals surface area contributed by atoms with Crippen molar-refractivity contribution in [1.82, 2.24) is 30.4 Å². The third kappa shape index (κ3) is 3.81. The van der Waals surface area contributed by atoms with E-state index in [1.54, 1.807) is 10.9 Å². The van der Waals surface area contributed by atoms with Crippen LogP contribution in [0.15, 0.2) is 24.7 Å². The fourth-order valence-corrected chi connectivity index (χ4v) is 2.83. The van der Waals surface area contributed by atoms with Gasteiger partial charge in [0.25, 0.3) is 0 Å². The number of hydrogen-bond donors (Lipinski definition) is 2. The number of rotatable bonds is 5. The Morgan fingerprint density at radius 1 is 1.33 bits per heavy atom. The van der Waals surface area contributed by atoms with Gasteiger partial charge in [0.1, 0.15) is 12.1 Å². The molecule has 2 amide bonds. The molecule has 0 spiro atoms. The fourth-order valence-electron chi connectivity index (χ4n) is 2.83. The molecule has 0 saturated carbocycles. The highest BCUT2D eigenvalue weighted by molar-refractivity contribution is 5.74. The van der Waals surface area contributed by atoms with Gasteiger partial charge >= 0.3 is 6.03 Å². The number of aromatic nitrogens is 4. The monoisotopic (exact) mass is 329 g/mol. The maximum Gasteiger partial charge on any atom is 0.315 e. The molecule has 1 aliphatic heterocycles. The summed E-state index contributed by atoms with van der Waals surface area (Å²) in [5.74, 6) is 1.72. The molecule has 2 N–H and O–H groups in total. The van der Waals surface area contributed by atoms with Gasteiger partial charge in [-0.3, -0.25) is 0 Å². The number of urea groups is 1. The lowest BCUT2D eigenvalue weighted by Crippen LogP contribution is -2.37. The zero-order valence-corrected chi connectivity index (χ0v) is 14.1. The number of nitrogens with zero attached hydrogens (tertiary/aromatic N) is 5. The van der Waals surface area contributed by atoms with Crippen LogP contribution in [0.25, 0.3) is 0 Å². The highest BCUT2D eigenvalue weighted by Gasteiger charge is 2.15. The zero-order valence-electron chi connectivity index (χ0n) is 14.1. The van der Waals surface area contributed by atoms with Crippen molar-refractivity contribution in [2.75, 3.05) is 18.0 Å². The Morgan fingerprint density at radius 2 is 2.12 bits per heavy atom. The number of carbonyl (C=O) groups is 1. The summed E-state index contributed by atoms with van der Waals surface area (Å²) in [6, 6.07) is 3.57. The van der Waals surface area contributed by atoms with Crippen LogP contribution in [0.2, 0.25) is 0 Å². The van der Waals surface area contributed by atoms with E-state index in [1.807, 2.05) is 32.3 Å². The van der Waals surface area contributed by atoms with Gasteiger partial charge in [0.2, 0.25) is 0 Å². The Hall–Kier alpha value is -2.64. The first-order chi connectivity index (χ1) is 11.6. The van der Waals surface area contributed by atoms with Crippen molar-refractivity contribution in [3.63, 3.8) is 0 Å². The van der Waals surface area contributed by atoms with E-state index in [9.17, 15) is 4.79 Å². The van der Waals surface area contributed by atoms with Gasteiger partial charge in [-0.15, -0.1) is 10.2 Å². The number of anilines is 1. The summed E-state index contributed by atoms with van der Waals surface area (Å²) in [6.07, 6.45) is 5.89. The van der Waals surface area contributed by atoms with Crippen molar-refractivity contribution in [3.8, 4) is 0 Å². The van der Waals surface area contributed by atoms with Crippen LogP contribution in [0.3, 0.4) is 0 Å². The molecule has 2 aromatic heterocycles. The Kier molecular flexibility index (Phi) is 4.93. The van der Waals surface area contributed by atoms with Crippen molar-refractivity contribution >= 4 is 11.8 Å². The first kappa shape index (κ1) is 16.2. The topological polar surface area (TPSA) is 88.0 Å². The van der Waals surface area contributed by atoms with Gasteiger partial charge in [-0.05, 0) is 31.4 Å². The van der Waals surface area contributed by atoms with Crippen molar-refractivity contribution in [3.05, 3.63) is 36.0 Å². The van der Waals surface area contributed by atoms with Gasteiger partial charge in [-0.1, -0.05) is 6.07 Å². The highest BCUT2D eigenvalue weighted by atomic mass is 16.2. The van der Waals surface area contributed by atoms with Crippen LogP contribution >= 0.6 is 0 Å². The van der Waals surface area contributed by atoms with E-state index in [1.165, 1.54) is 12.8 Å². The van der Waals surface area contributed by atoms with E-state index in [2.05, 4.69) is 30.7 Å². The van der Waals surface area contributed by atoms with Crippen LogP contribution in [0.4, 0.5) is 10.6 Å². The molecule has 1 aliphatic rings. The van der Waals surface area contributed by atoms with Gasteiger partial charge in [0.05, 0.1) is 6.04 Å². The second kappa shape index (κ2) is 7.29. The minimum Gasteiger partial charge on any atom is -0.357 e. The van der Waals surface area contributed by atoms with E-state index < -0.39 is 0 Å². The number of amides is 2. The number of pyridine rings is 1. The summed E-state index contributed by atoms with van der Waals surface area (Å²) in [6.45, 7) is 4.46. The zero-order chi connectivity index (χ0) is 16.9. The second-order valence-electron chi connectivity index (χ2n) is 6.07. The quantitative estimate of drug-likeness (QED) is 0.865. The summed E-state index contributed by atoms with van der Waals surface area (Å²) in [5.41, 5.74) is 0.972. The molecule has 0 aliphatic carbocycles. The summed E-state index contributed by atoms with van der Waals surface area (Å²) in [5, 5.41) is 13.5. The van der Waals surface area contributed by atoms with Gasteiger partial charge in [0.15, 0.2) is 5.82 Å². The van der Waals surface area contributed by atoms with E-state index in [-0.39, 0.29) is 12.1 Å². The molecule has 3 heterocycles. The molecule has 1 fully saturated rings. The molecule has 8 heteroatoms. The molecule has 0 radical (unpaired) electrons. The maximum absolute atomic E-state index is 12.0. The third-order valence-electron chi connectivity index (χ3n) is 4.17. The van der Waals surface area contributed by atoms with Gasteiger partial charge in [0, 0.05) is 32.9 Å². The Labute approximate surface area is 141 Å². The molecule has 1 saturated heterocycles. The number of carbonyl (C=O) groups excluding carboxylic acids is 1. The lowest BCUT2D eigenvalue weighted by atomic mass is 10.2. The van der Waals surface area contributed by atoms with E-state index in [0.717, 1.165) is 24.5 Å². The lowest BCUT2D eigenvalue weighted by molar-refractivity contribution is 0.237. The lowest BCUT2D eigenvalue weighted by Gasteiger charge is -2.16. The average Bonchev–Trinajstić information content (AvgIpc) is 3.25. The smallest absolute Gasteiger partial charge is 0.315 e. The molecule has 0 bridgehead atoms. The SMILES string of the molecule is C[C@H](NC(=O)NCc1ccc(N2CCCC2)nc1)c1nncn1C. The molecule has 3 rings (SSSR count). The van der Waals surface area contributed by atoms with Crippen LogP contribution in [0.1, 0.15) is 37.2 Å². The number of hydrogen-bond acceptors (Lipinski definition) is 5. The molecule has 0 aromatic carbocycles. The summed E-state index contributed by atoms with van der Waals surface area (Å²) in [4.78, 5) is 18.8. The predicted octanol–water partition coefficient (Wildman–Crippen LogP) is 1.37. The molecule has 24 heavy (non-hydrogen) atoms. The van der Waals surface area contributed by atoms with Crippen LogP contribution < -0.4 is 15.5 Å². The third-order valence-corrected chi connectivity index (χ3v) is 4.17. The Morgan fingerprint density at radius 3 is 2.75 bits per heavy atom. The standard InChI is InChI=1S/C16H23N7O/c1-12(15-21-19-11-22(15)2)20-16(24)18-10-13-5-6-14(17-9-13)23-7-3-4-8-23/h5-6,9,11-12H,3-4,7-8,10H2,1-2H3,(H2,18,20,24)/t12-/m0/s1. The van der Waals surface area contributed by atoms with Gasteiger partial charge in [-0.25, -0.2) is 9.78 Å². The van der Waals surface area contributed by atoms with Crippen molar-refractivity contribution in [2.45, 2.75) is 32.4 Å². The molecule has 2 aromatic rings. The van der Waals surface area contributed by atoms with E-state index in [0.29, 0.717) is 12.4 Å². The summed E-state index contributed by atoms with van der Waals surface area (Å²) < 4.78 is 1.78. The number of aryl methyl sites for hydroxylation is 1. The van der Waals surface area contributed by atoms with Crippen LogP contribution in [0.5, 0.6) is 0 Å². The molecular weight excluding hydrogens is 306 g/mol. The number of nitrogens with one attached hydrogen (secondary N) is 2. The molecular formula is C16H23N7O. The van der Waals surface area contributed by atoms with Crippen molar-refractivity contribution in [1.29, 1.82) is 0 Å².